The van der Waals surface area contributed by atoms with E-state index in [1.54, 1.807) is 0 Å². The first-order valence-electron chi connectivity index (χ1n) is 8.39. The van der Waals surface area contributed by atoms with Crippen molar-refractivity contribution in [1.29, 1.82) is 5.26 Å². The molecule has 6 heteroatoms. The maximum absolute atomic E-state index is 12.4. The zero-order chi connectivity index (χ0) is 18.5. The molecule has 0 aromatic heterocycles. The summed E-state index contributed by atoms with van der Waals surface area (Å²) in [5.74, 6) is 0.785. The third-order valence-electron chi connectivity index (χ3n) is 4.13. The Morgan fingerprint density at radius 2 is 2.15 bits per heavy atom. The van der Waals surface area contributed by atoms with E-state index < -0.39 is 0 Å². The van der Waals surface area contributed by atoms with Crippen LogP contribution in [-0.4, -0.2) is 11.2 Å². The SMILES string of the molecule is CC1=CCC=C(CC#N)C=C1NC(=O)NC1=Nc2ccc(C)cc2CS1. The molecule has 2 N–H and O–H groups in total. The number of nitriles is 1. The van der Waals surface area contributed by atoms with Crippen molar-refractivity contribution < 1.29 is 4.79 Å². The van der Waals surface area contributed by atoms with Gasteiger partial charge in [-0.1, -0.05) is 41.6 Å². The highest BCUT2D eigenvalue weighted by molar-refractivity contribution is 8.13. The lowest BCUT2D eigenvalue weighted by Crippen LogP contribution is -2.38. The van der Waals surface area contributed by atoms with E-state index in [4.69, 9.17) is 5.26 Å². The minimum absolute atomic E-state index is 0.326. The Hall–Kier alpha value is -2.78. The second kappa shape index (κ2) is 8.07. The standard InChI is InChI=1S/C20H20N4OS/c1-13-6-7-17-16(10-13)12-26-20(23-17)24-19(25)22-18-11-15(8-9-21)5-3-4-14(18)2/h4-7,10-11H,3,8,12H2,1-2H3,(H2,22,23,24,25). The van der Waals surface area contributed by atoms with Crippen molar-refractivity contribution in [3.05, 3.63) is 64.4 Å². The van der Waals surface area contributed by atoms with Gasteiger partial charge < -0.3 is 5.32 Å². The molecule has 26 heavy (non-hydrogen) atoms. The highest BCUT2D eigenvalue weighted by Gasteiger charge is 2.16. The Bertz CT molecular complexity index is 903. The molecule has 2 aliphatic rings. The van der Waals surface area contributed by atoms with Gasteiger partial charge in [0.1, 0.15) is 0 Å². The van der Waals surface area contributed by atoms with Crippen LogP contribution in [-0.2, 0) is 5.75 Å². The topological polar surface area (TPSA) is 77.3 Å². The molecule has 2 amide bonds. The van der Waals surface area contributed by atoms with Gasteiger partial charge in [0.15, 0.2) is 5.17 Å². The minimum atomic E-state index is -0.330. The second-order valence-corrected chi connectivity index (χ2v) is 7.18. The molecule has 1 heterocycles. The monoisotopic (exact) mass is 364 g/mol. The number of carbonyl (C=O) groups excluding carboxylic acids is 1. The molecule has 0 fully saturated rings. The number of amidine groups is 1. The number of aliphatic imine (C=N–C) groups is 1. The number of benzene rings is 1. The lowest BCUT2D eigenvalue weighted by molar-refractivity contribution is 0.248. The number of allylic oxidation sites excluding steroid dienone is 5. The quantitative estimate of drug-likeness (QED) is 0.805. The summed E-state index contributed by atoms with van der Waals surface area (Å²) in [6.07, 6.45) is 6.97. The molecule has 132 valence electrons. The van der Waals surface area contributed by atoms with Gasteiger partial charge in [-0.3, -0.25) is 5.32 Å². The summed E-state index contributed by atoms with van der Waals surface area (Å²) < 4.78 is 0. The predicted molar refractivity (Wildman–Crippen MR) is 106 cm³/mol. The molecule has 0 unspecified atom stereocenters. The predicted octanol–water partition coefficient (Wildman–Crippen LogP) is 4.60. The van der Waals surface area contributed by atoms with Crippen LogP contribution in [0.2, 0.25) is 0 Å². The van der Waals surface area contributed by atoms with E-state index in [0.717, 1.165) is 29.0 Å². The van der Waals surface area contributed by atoms with Crippen molar-refractivity contribution in [1.82, 2.24) is 10.6 Å². The number of rotatable bonds is 2. The number of hydrogen-bond acceptors (Lipinski definition) is 4. The number of hydrogen-bond donors (Lipinski definition) is 2. The summed E-state index contributed by atoms with van der Waals surface area (Å²) in [6, 6.07) is 7.93. The normalized spacial score (nSPS) is 16.0. The van der Waals surface area contributed by atoms with Crippen LogP contribution in [0.25, 0.3) is 0 Å². The fourth-order valence-electron chi connectivity index (χ4n) is 2.75. The minimum Gasteiger partial charge on any atom is -0.307 e. The van der Waals surface area contributed by atoms with Gasteiger partial charge in [-0.15, -0.1) is 0 Å². The fourth-order valence-corrected chi connectivity index (χ4v) is 3.60. The number of nitrogens with one attached hydrogen (secondary N) is 2. The van der Waals surface area contributed by atoms with Crippen LogP contribution >= 0.6 is 11.8 Å². The summed E-state index contributed by atoms with van der Waals surface area (Å²) in [4.78, 5) is 16.9. The lowest BCUT2D eigenvalue weighted by atomic mass is 10.1. The van der Waals surface area contributed by atoms with Crippen molar-refractivity contribution in [2.45, 2.75) is 32.4 Å². The van der Waals surface area contributed by atoms with Gasteiger partial charge in [0.2, 0.25) is 0 Å². The average Bonchev–Trinajstić information content (AvgIpc) is 2.77. The maximum Gasteiger partial charge on any atom is 0.325 e. The van der Waals surface area contributed by atoms with E-state index in [0.29, 0.717) is 17.3 Å². The average molecular weight is 364 g/mol. The Labute approximate surface area is 157 Å². The maximum atomic E-state index is 12.4. The zero-order valence-corrected chi connectivity index (χ0v) is 15.6. The van der Waals surface area contributed by atoms with Crippen LogP contribution in [0.15, 0.2) is 58.3 Å². The first kappa shape index (κ1) is 18.0. The molecule has 1 aromatic rings. The molecule has 0 radical (unpaired) electrons. The first-order valence-corrected chi connectivity index (χ1v) is 9.37. The molecule has 3 rings (SSSR count). The largest absolute Gasteiger partial charge is 0.325 e. The van der Waals surface area contributed by atoms with Crippen molar-refractivity contribution >= 4 is 28.6 Å². The number of nitrogens with zero attached hydrogens (tertiary/aromatic N) is 2. The molecule has 0 atom stereocenters. The van der Waals surface area contributed by atoms with E-state index in [1.807, 2.05) is 37.3 Å². The van der Waals surface area contributed by atoms with Crippen LogP contribution in [0.4, 0.5) is 10.5 Å². The fraction of sp³-hybridized carbons (Fsp3) is 0.250. The highest BCUT2D eigenvalue weighted by Crippen LogP contribution is 2.30. The number of amides is 2. The number of aryl methyl sites for hydroxylation is 1. The van der Waals surface area contributed by atoms with E-state index in [9.17, 15) is 4.79 Å². The van der Waals surface area contributed by atoms with Crippen LogP contribution in [0.1, 0.15) is 30.9 Å². The second-order valence-electron chi connectivity index (χ2n) is 6.21. The van der Waals surface area contributed by atoms with Gasteiger partial charge in [-0.25, -0.2) is 9.79 Å². The molecule has 5 nitrogen and oxygen atoms in total. The van der Waals surface area contributed by atoms with Gasteiger partial charge >= 0.3 is 6.03 Å². The smallest absolute Gasteiger partial charge is 0.307 e. The highest BCUT2D eigenvalue weighted by atomic mass is 32.2. The van der Waals surface area contributed by atoms with E-state index >= 15 is 0 Å². The van der Waals surface area contributed by atoms with Crippen LogP contribution < -0.4 is 10.6 Å². The molecule has 1 aromatic carbocycles. The number of fused-ring (bicyclic) bond motifs is 1. The zero-order valence-electron chi connectivity index (χ0n) is 14.8. The summed E-state index contributed by atoms with van der Waals surface area (Å²) >= 11 is 1.51. The van der Waals surface area contributed by atoms with Gasteiger partial charge in [-0.05, 0) is 49.1 Å². The summed E-state index contributed by atoms with van der Waals surface area (Å²) in [6.45, 7) is 4.00. The summed E-state index contributed by atoms with van der Waals surface area (Å²) in [5.41, 5.74) is 5.87. The Kier molecular flexibility index (Phi) is 5.59. The van der Waals surface area contributed by atoms with Crippen molar-refractivity contribution in [3.63, 3.8) is 0 Å². The number of urea groups is 1. The van der Waals surface area contributed by atoms with Crippen LogP contribution in [0, 0.1) is 18.3 Å². The van der Waals surface area contributed by atoms with E-state index in [1.165, 1.54) is 22.9 Å². The van der Waals surface area contributed by atoms with E-state index in [-0.39, 0.29) is 6.03 Å². The van der Waals surface area contributed by atoms with Crippen molar-refractivity contribution in [3.8, 4) is 6.07 Å². The van der Waals surface area contributed by atoms with Gasteiger partial charge in [-0.2, -0.15) is 5.26 Å². The molecule has 1 aliphatic heterocycles. The van der Waals surface area contributed by atoms with Crippen molar-refractivity contribution in [2.75, 3.05) is 0 Å². The third kappa shape index (κ3) is 4.44. The lowest BCUT2D eigenvalue weighted by Gasteiger charge is -2.17. The third-order valence-corrected chi connectivity index (χ3v) is 5.05. The van der Waals surface area contributed by atoms with E-state index in [2.05, 4.69) is 34.7 Å². The molecule has 0 saturated carbocycles. The van der Waals surface area contributed by atoms with Gasteiger partial charge in [0.05, 0.1) is 18.2 Å². The van der Waals surface area contributed by atoms with Gasteiger partial charge in [0, 0.05) is 11.4 Å². The molecule has 0 saturated heterocycles. The number of carbonyl (C=O) groups is 1. The Balaban J connectivity index is 1.70. The molecule has 1 aliphatic carbocycles. The summed E-state index contributed by atoms with van der Waals surface area (Å²) in [5, 5.41) is 15.2. The van der Waals surface area contributed by atoms with Gasteiger partial charge in [0.25, 0.3) is 0 Å². The Morgan fingerprint density at radius 1 is 1.31 bits per heavy atom. The Morgan fingerprint density at radius 3 is 2.96 bits per heavy atom. The first-order chi connectivity index (χ1) is 12.5. The van der Waals surface area contributed by atoms with Crippen LogP contribution in [0.3, 0.4) is 0 Å². The molecular formula is C20H20N4OS. The number of thioether (sulfide) groups is 1. The molecule has 0 bridgehead atoms. The van der Waals surface area contributed by atoms with Crippen LogP contribution in [0.5, 0.6) is 0 Å². The van der Waals surface area contributed by atoms with Crippen molar-refractivity contribution in [2.24, 2.45) is 4.99 Å². The summed E-state index contributed by atoms with van der Waals surface area (Å²) in [7, 11) is 0. The molecular weight excluding hydrogens is 344 g/mol. The molecule has 0 spiro atoms.